The van der Waals surface area contributed by atoms with E-state index in [1.165, 1.54) is 5.56 Å². The topological polar surface area (TPSA) is 58.6 Å². The molecule has 0 spiro atoms. The summed E-state index contributed by atoms with van der Waals surface area (Å²) in [6.45, 7) is 2.77. The van der Waals surface area contributed by atoms with Crippen molar-refractivity contribution < 1.29 is 14.6 Å². The molecule has 0 aromatic heterocycles. The molecule has 1 aliphatic heterocycles. The van der Waals surface area contributed by atoms with E-state index in [1.54, 1.807) is 11.8 Å². The molecular weight excluding hydrogens is 274 g/mol. The molecule has 2 unspecified atom stereocenters. The van der Waals surface area contributed by atoms with E-state index in [2.05, 4.69) is 24.4 Å². The second-order valence-corrected chi connectivity index (χ2v) is 6.15. The van der Waals surface area contributed by atoms with Crippen molar-refractivity contribution in [1.82, 2.24) is 5.32 Å². The summed E-state index contributed by atoms with van der Waals surface area (Å²) in [6.07, 6.45) is 3.06. The highest BCUT2D eigenvalue weighted by molar-refractivity contribution is 8.00. The summed E-state index contributed by atoms with van der Waals surface area (Å²) in [7, 11) is 0. The molecular formula is C15H21NO3S. The van der Waals surface area contributed by atoms with Gasteiger partial charge < -0.3 is 9.84 Å². The first-order valence-corrected chi connectivity index (χ1v) is 8.06. The number of carbonyl (C=O) groups is 1. The van der Waals surface area contributed by atoms with E-state index in [-0.39, 0.29) is 5.37 Å². The van der Waals surface area contributed by atoms with Gasteiger partial charge in [-0.05, 0) is 24.1 Å². The van der Waals surface area contributed by atoms with Crippen LogP contribution in [0.5, 0.6) is 5.75 Å². The van der Waals surface area contributed by atoms with Gasteiger partial charge in [-0.2, -0.15) is 0 Å². The monoisotopic (exact) mass is 295 g/mol. The van der Waals surface area contributed by atoms with Crippen molar-refractivity contribution in [1.29, 1.82) is 0 Å². The predicted molar refractivity (Wildman–Crippen MR) is 81.4 cm³/mol. The third kappa shape index (κ3) is 4.42. The van der Waals surface area contributed by atoms with Gasteiger partial charge in [0.2, 0.25) is 0 Å². The molecule has 1 fully saturated rings. The van der Waals surface area contributed by atoms with Gasteiger partial charge in [-0.25, -0.2) is 0 Å². The molecule has 0 amide bonds. The lowest BCUT2D eigenvalue weighted by Crippen LogP contribution is -2.36. The lowest BCUT2D eigenvalue weighted by molar-refractivity contribution is -0.138. The van der Waals surface area contributed by atoms with Gasteiger partial charge in [0.25, 0.3) is 0 Å². The second-order valence-electron chi connectivity index (χ2n) is 4.91. The molecule has 2 rings (SSSR count). The fourth-order valence-corrected chi connectivity index (χ4v) is 3.35. The Bertz CT molecular complexity index is 435. The van der Waals surface area contributed by atoms with E-state index >= 15 is 0 Å². The number of carboxylic acid groups (broad SMARTS) is 1. The van der Waals surface area contributed by atoms with Crippen molar-refractivity contribution in [2.75, 3.05) is 12.4 Å². The fraction of sp³-hybridized carbons (Fsp3) is 0.533. The summed E-state index contributed by atoms with van der Waals surface area (Å²) >= 11 is 1.65. The summed E-state index contributed by atoms with van der Waals surface area (Å²) in [6, 6.07) is 7.78. The van der Waals surface area contributed by atoms with Crippen molar-refractivity contribution in [3.8, 4) is 5.75 Å². The summed E-state index contributed by atoms with van der Waals surface area (Å²) < 4.78 is 5.70. The summed E-state index contributed by atoms with van der Waals surface area (Å²) in [5, 5.41) is 12.2. The van der Waals surface area contributed by atoms with Crippen molar-refractivity contribution >= 4 is 17.7 Å². The number of thioether (sulfide) groups is 1. The van der Waals surface area contributed by atoms with Gasteiger partial charge in [0.05, 0.1) is 12.0 Å². The van der Waals surface area contributed by atoms with Crippen molar-refractivity contribution in [2.24, 2.45) is 0 Å². The number of aryl methyl sites for hydroxylation is 1. The molecule has 2 N–H and O–H groups in total. The predicted octanol–water partition coefficient (Wildman–Crippen LogP) is 2.52. The Kier molecular flexibility index (Phi) is 5.73. The van der Waals surface area contributed by atoms with Crippen LogP contribution in [0.4, 0.5) is 0 Å². The van der Waals surface area contributed by atoms with Gasteiger partial charge in [0.15, 0.2) is 0 Å². The van der Waals surface area contributed by atoms with Crippen LogP contribution in [0.3, 0.4) is 0 Å². The molecule has 1 heterocycles. The zero-order valence-electron chi connectivity index (χ0n) is 11.7. The quantitative estimate of drug-likeness (QED) is 0.809. The van der Waals surface area contributed by atoms with Crippen LogP contribution in [0.25, 0.3) is 0 Å². The van der Waals surface area contributed by atoms with Crippen molar-refractivity contribution in [3.05, 3.63) is 29.8 Å². The number of benzene rings is 1. The number of hydrogen-bond acceptors (Lipinski definition) is 4. The van der Waals surface area contributed by atoms with E-state index in [9.17, 15) is 4.79 Å². The molecule has 20 heavy (non-hydrogen) atoms. The molecule has 1 aromatic rings. The van der Waals surface area contributed by atoms with Crippen LogP contribution in [-0.2, 0) is 11.2 Å². The van der Waals surface area contributed by atoms with Crippen LogP contribution in [0, 0.1) is 0 Å². The Morgan fingerprint density at radius 3 is 2.80 bits per heavy atom. The number of ether oxygens (including phenoxy) is 1. The molecule has 0 aliphatic carbocycles. The summed E-state index contributed by atoms with van der Waals surface area (Å²) in [5.74, 6) is 0.737. The maximum absolute atomic E-state index is 10.8. The van der Waals surface area contributed by atoms with Crippen LogP contribution in [0.15, 0.2) is 24.3 Å². The molecule has 110 valence electrons. The van der Waals surface area contributed by atoms with Crippen LogP contribution < -0.4 is 10.1 Å². The zero-order chi connectivity index (χ0) is 14.4. The van der Waals surface area contributed by atoms with Gasteiger partial charge in [-0.3, -0.25) is 10.1 Å². The highest BCUT2D eigenvalue weighted by atomic mass is 32.2. The molecule has 5 heteroatoms. The zero-order valence-corrected chi connectivity index (χ0v) is 12.5. The molecule has 1 aromatic carbocycles. The third-order valence-electron chi connectivity index (χ3n) is 3.26. The van der Waals surface area contributed by atoms with Gasteiger partial charge in [-0.15, -0.1) is 11.8 Å². The Morgan fingerprint density at radius 1 is 1.45 bits per heavy atom. The highest BCUT2D eigenvalue weighted by Gasteiger charge is 2.28. The van der Waals surface area contributed by atoms with Gasteiger partial charge in [0.1, 0.15) is 11.8 Å². The van der Waals surface area contributed by atoms with Crippen molar-refractivity contribution in [2.45, 2.75) is 37.6 Å². The average Bonchev–Trinajstić information content (AvgIpc) is 2.90. The first-order valence-electron chi connectivity index (χ1n) is 7.01. The lowest BCUT2D eigenvalue weighted by Gasteiger charge is -2.12. The maximum atomic E-state index is 10.8. The van der Waals surface area contributed by atoms with Crippen LogP contribution in [-0.4, -0.2) is 34.9 Å². The minimum atomic E-state index is -0.771. The minimum absolute atomic E-state index is 0.176. The molecule has 0 bridgehead atoms. The molecule has 1 saturated heterocycles. The normalized spacial score (nSPS) is 21.9. The number of rotatable bonds is 7. The van der Waals surface area contributed by atoms with E-state index in [4.69, 9.17) is 9.84 Å². The van der Waals surface area contributed by atoms with E-state index in [0.29, 0.717) is 12.4 Å². The van der Waals surface area contributed by atoms with Gasteiger partial charge >= 0.3 is 5.97 Å². The SMILES string of the molecule is CCCc1ccc(OCCC2NC(C(=O)O)CS2)cc1. The van der Waals surface area contributed by atoms with Gasteiger partial charge in [-0.1, -0.05) is 25.5 Å². The van der Waals surface area contributed by atoms with E-state index in [0.717, 1.165) is 25.0 Å². The maximum Gasteiger partial charge on any atom is 0.321 e. The number of hydrogen-bond donors (Lipinski definition) is 2. The standard InChI is InChI=1S/C15H21NO3S/c1-2-3-11-4-6-12(7-5-11)19-9-8-14-16-13(10-20-14)15(17)18/h4-7,13-14,16H,2-3,8-10H2,1H3,(H,17,18). The average molecular weight is 295 g/mol. The number of aliphatic carboxylic acids is 1. The third-order valence-corrected chi connectivity index (χ3v) is 4.56. The number of nitrogens with one attached hydrogen (secondary N) is 1. The Hall–Kier alpha value is -1.20. The molecule has 2 atom stereocenters. The minimum Gasteiger partial charge on any atom is -0.494 e. The Morgan fingerprint density at radius 2 is 2.20 bits per heavy atom. The van der Waals surface area contributed by atoms with Crippen LogP contribution in [0.2, 0.25) is 0 Å². The van der Waals surface area contributed by atoms with Crippen LogP contribution in [0.1, 0.15) is 25.3 Å². The van der Waals surface area contributed by atoms with Gasteiger partial charge in [0, 0.05) is 12.2 Å². The number of carboxylic acids is 1. The summed E-state index contributed by atoms with van der Waals surface area (Å²) in [4.78, 5) is 10.8. The largest absolute Gasteiger partial charge is 0.494 e. The lowest BCUT2D eigenvalue weighted by atomic mass is 10.1. The highest BCUT2D eigenvalue weighted by Crippen LogP contribution is 2.22. The fourth-order valence-electron chi connectivity index (χ4n) is 2.17. The van der Waals surface area contributed by atoms with Crippen molar-refractivity contribution in [3.63, 3.8) is 0 Å². The first kappa shape index (κ1) is 15.2. The van der Waals surface area contributed by atoms with E-state index < -0.39 is 12.0 Å². The first-order chi connectivity index (χ1) is 9.69. The second kappa shape index (κ2) is 7.55. The molecule has 0 radical (unpaired) electrons. The Balaban J connectivity index is 1.69. The van der Waals surface area contributed by atoms with E-state index in [1.807, 2.05) is 12.1 Å². The molecule has 0 saturated carbocycles. The summed E-state index contributed by atoms with van der Waals surface area (Å²) in [5.41, 5.74) is 1.33. The smallest absolute Gasteiger partial charge is 0.321 e. The Labute approximate surface area is 123 Å². The molecule has 1 aliphatic rings. The molecule has 4 nitrogen and oxygen atoms in total. The van der Waals surface area contributed by atoms with Crippen LogP contribution >= 0.6 is 11.8 Å².